The van der Waals surface area contributed by atoms with Gasteiger partial charge in [-0.15, -0.1) is 0 Å². The number of aromatic nitrogens is 2. The van der Waals surface area contributed by atoms with Gasteiger partial charge in [-0.05, 0) is 12.8 Å². The number of rotatable bonds is 9. The van der Waals surface area contributed by atoms with Crippen LogP contribution in [0.4, 0.5) is 0 Å². The number of ether oxygens (including phenoxy) is 1. The Bertz CT molecular complexity index is 569. The first-order chi connectivity index (χ1) is 9.91. The van der Waals surface area contributed by atoms with Crippen LogP contribution in [-0.2, 0) is 20.2 Å². The molecule has 6 nitrogen and oxygen atoms in total. The van der Waals surface area contributed by atoms with E-state index in [1.807, 2.05) is 0 Å². The molecule has 21 heavy (non-hydrogen) atoms. The van der Waals surface area contributed by atoms with Gasteiger partial charge in [0.2, 0.25) is 0 Å². The van der Waals surface area contributed by atoms with Crippen LogP contribution < -0.4 is 0 Å². The number of halogens is 1. The predicted molar refractivity (Wildman–Crippen MR) is 80.0 cm³/mol. The summed E-state index contributed by atoms with van der Waals surface area (Å²) in [6.45, 7) is 4.11. The highest BCUT2D eigenvalue weighted by atomic mass is 35.7. The van der Waals surface area contributed by atoms with Gasteiger partial charge < -0.3 is 4.74 Å². The average Bonchev–Trinajstić information content (AvgIpc) is 2.86. The van der Waals surface area contributed by atoms with Gasteiger partial charge in [0, 0.05) is 10.7 Å². The topological polar surface area (TPSA) is 89.1 Å². The quantitative estimate of drug-likeness (QED) is 0.425. The maximum Gasteiger partial charge on any atom is 0.360 e. The van der Waals surface area contributed by atoms with E-state index in [9.17, 15) is 13.2 Å². The second-order valence-electron chi connectivity index (χ2n) is 4.72. The smallest absolute Gasteiger partial charge is 0.360 e. The van der Waals surface area contributed by atoms with Crippen molar-refractivity contribution < 1.29 is 17.9 Å². The lowest BCUT2D eigenvalue weighted by atomic mass is 10.2. The number of carbonyl (C=O) groups is 1. The lowest BCUT2D eigenvalue weighted by molar-refractivity contribution is 0.0486. The molecule has 1 aromatic rings. The fourth-order valence-electron chi connectivity index (χ4n) is 1.95. The molecule has 0 atom stereocenters. The second-order valence-corrected chi connectivity index (χ2v) is 7.22. The van der Waals surface area contributed by atoms with Crippen molar-refractivity contribution in [2.45, 2.75) is 57.3 Å². The Morgan fingerprint density at radius 3 is 2.48 bits per heavy atom. The van der Waals surface area contributed by atoms with Crippen molar-refractivity contribution in [1.29, 1.82) is 0 Å². The van der Waals surface area contributed by atoms with Crippen molar-refractivity contribution in [3.63, 3.8) is 0 Å². The molecule has 0 saturated heterocycles. The number of hydrogen-bond donors (Lipinski definition) is 1. The molecule has 0 amide bonds. The van der Waals surface area contributed by atoms with Gasteiger partial charge in [0.25, 0.3) is 9.05 Å². The fourth-order valence-corrected chi connectivity index (χ4v) is 3.29. The average molecular weight is 337 g/mol. The molecule has 1 aromatic heterocycles. The number of carbonyl (C=O) groups excluding carboxylic acids is 1. The summed E-state index contributed by atoms with van der Waals surface area (Å²) >= 11 is 0. The Hall–Kier alpha value is -1.08. The molecular weight excluding hydrogens is 316 g/mol. The van der Waals surface area contributed by atoms with Gasteiger partial charge in [-0.25, -0.2) is 13.2 Å². The van der Waals surface area contributed by atoms with Gasteiger partial charge in [0.1, 0.15) is 4.90 Å². The molecule has 0 spiro atoms. The van der Waals surface area contributed by atoms with Gasteiger partial charge in [-0.3, -0.25) is 5.10 Å². The number of esters is 1. The zero-order valence-corrected chi connectivity index (χ0v) is 13.9. The summed E-state index contributed by atoms with van der Waals surface area (Å²) in [6.07, 6.45) is 5.49. The zero-order chi connectivity index (χ0) is 15.9. The molecule has 0 aliphatic heterocycles. The summed E-state index contributed by atoms with van der Waals surface area (Å²) in [5.74, 6) is -0.763. The standard InChI is InChI=1S/C13H21ClN2O4S/c1-3-5-6-7-8-9-20-13(17)11-12(21(14,18)19)10(4-2)15-16-11/h3-9H2,1-2H3,(H,15,16). The Kier molecular flexibility index (Phi) is 7.17. The Morgan fingerprint density at radius 2 is 1.90 bits per heavy atom. The molecule has 0 saturated carbocycles. The van der Waals surface area contributed by atoms with E-state index in [-0.39, 0.29) is 17.2 Å². The van der Waals surface area contributed by atoms with Gasteiger partial charge in [0.15, 0.2) is 5.69 Å². The fraction of sp³-hybridized carbons (Fsp3) is 0.692. The molecule has 1 heterocycles. The highest BCUT2D eigenvalue weighted by Crippen LogP contribution is 2.23. The van der Waals surface area contributed by atoms with Crippen LogP contribution >= 0.6 is 10.7 Å². The van der Waals surface area contributed by atoms with Crippen molar-refractivity contribution in [3.05, 3.63) is 11.4 Å². The third-order valence-electron chi connectivity index (χ3n) is 3.06. The number of nitrogens with one attached hydrogen (secondary N) is 1. The first-order valence-corrected chi connectivity index (χ1v) is 9.41. The lowest BCUT2D eigenvalue weighted by Gasteiger charge is -2.04. The van der Waals surface area contributed by atoms with Crippen LogP contribution in [0.5, 0.6) is 0 Å². The summed E-state index contributed by atoms with van der Waals surface area (Å²) in [5.41, 5.74) is 0.0373. The van der Waals surface area contributed by atoms with Gasteiger partial charge in [0.05, 0.1) is 12.3 Å². The molecule has 0 aliphatic carbocycles. The molecule has 0 bridgehead atoms. The van der Waals surface area contributed by atoms with Crippen LogP contribution in [0, 0.1) is 0 Å². The van der Waals surface area contributed by atoms with Crippen molar-refractivity contribution in [3.8, 4) is 0 Å². The van der Waals surface area contributed by atoms with E-state index >= 15 is 0 Å². The third-order valence-corrected chi connectivity index (χ3v) is 4.45. The highest BCUT2D eigenvalue weighted by Gasteiger charge is 2.28. The van der Waals surface area contributed by atoms with Gasteiger partial charge in [-0.1, -0.05) is 39.5 Å². The van der Waals surface area contributed by atoms with E-state index in [2.05, 4.69) is 17.1 Å². The van der Waals surface area contributed by atoms with E-state index in [0.717, 1.165) is 32.1 Å². The number of nitrogens with zero attached hydrogens (tertiary/aromatic N) is 1. The molecule has 0 fully saturated rings. The second kappa shape index (κ2) is 8.38. The first kappa shape index (κ1) is 18.0. The first-order valence-electron chi connectivity index (χ1n) is 7.10. The molecule has 1 N–H and O–H groups in total. The number of H-pyrrole nitrogens is 1. The van der Waals surface area contributed by atoms with Gasteiger partial charge in [-0.2, -0.15) is 5.10 Å². The van der Waals surface area contributed by atoms with Crippen LogP contribution in [0.1, 0.15) is 62.1 Å². The van der Waals surface area contributed by atoms with Crippen LogP contribution in [0.2, 0.25) is 0 Å². The predicted octanol–water partition coefficient (Wildman–Crippen LogP) is 3.03. The summed E-state index contributed by atoms with van der Waals surface area (Å²) < 4.78 is 28.1. The molecule has 120 valence electrons. The molecule has 0 aromatic carbocycles. The monoisotopic (exact) mass is 336 g/mol. The Balaban J connectivity index is 2.65. The van der Waals surface area contributed by atoms with E-state index in [4.69, 9.17) is 15.4 Å². The summed E-state index contributed by atoms with van der Waals surface area (Å²) in [4.78, 5) is 11.6. The van der Waals surface area contributed by atoms with Crippen molar-refractivity contribution in [2.24, 2.45) is 0 Å². The molecule has 8 heteroatoms. The van der Waals surface area contributed by atoms with Crippen molar-refractivity contribution in [2.75, 3.05) is 6.61 Å². The maximum atomic E-state index is 11.9. The zero-order valence-electron chi connectivity index (χ0n) is 12.3. The number of aryl methyl sites for hydroxylation is 1. The van der Waals surface area contributed by atoms with Crippen LogP contribution in [-0.4, -0.2) is 31.2 Å². The minimum Gasteiger partial charge on any atom is -0.461 e. The summed E-state index contributed by atoms with van der Waals surface area (Å²) in [6, 6.07) is 0. The number of hydrogen-bond acceptors (Lipinski definition) is 5. The van der Waals surface area contributed by atoms with E-state index in [1.54, 1.807) is 6.92 Å². The van der Waals surface area contributed by atoms with Crippen molar-refractivity contribution in [1.82, 2.24) is 10.2 Å². The highest BCUT2D eigenvalue weighted by molar-refractivity contribution is 8.13. The number of unbranched alkanes of at least 4 members (excludes halogenated alkanes) is 4. The summed E-state index contributed by atoms with van der Waals surface area (Å²) in [5, 5.41) is 6.23. The third kappa shape index (κ3) is 5.32. The minimum atomic E-state index is -4.04. The molecular formula is C13H21ClN2O4S. The van der Waals surface area contributed by atoms with Crippen LogP contribution in [0.3, 0.4) is 0 Å². The Morgan fingerprint density at radius 1 is 1.24 bits per heavy atom. The lowest BCUT2D eigenvalue weighted by Crippen LogP contribution is -2.11. The SMILES string of the molecule is CCCCCCCOC(=O)c1n[nH]c(CC)c1S(=O)(=O)Cl. The van der Waals surface area contributed by atoms with E-state index in [1.165, 1.54) is 0 Å². The molecule has 0 aliphatic rings. The number of aromatic amines is 1. The normalized spacial score (nSPS) is 11.6. The molecule has 0 unspecified atom stereocenters. The largest absolute Gasteiger partial charge is 0.461 e. The van der Waals surface area contributed by atoms with Crippen molar-refractivity contribution >= 4 is 25.7 Å². The Labute approximate surface area is 129 Å². The molecule has 0 radical (unpaired) electrons. The van der Waals surface area contributed by atoms with Crippen LogP contribution in [0.15, 0.2) is 4.90 Å². The van der Waals surface area contributed by atoms with Crippen LogP contribution in [0.25, 0.3) is 0 Å². The van der Waals surface area contributed by atoms with E-state index < -0.39 is 15.0 Å². The maximum absolute atomic E-state index is 11.9. The minimum absolute atomic E-state index is 0.249. The van der Waals surface area contributed by atoms with Gasteiger partial charge >= 0.3 is 5.97 Å². The summed E-state index contributed by atoms with van der Waals surface area (Å²) in [7, 11) is 1.31. The molecule has 1 rings (SSSR count). The van der Waals surface area contributed by atoms with E-state index in [0.29, 0.717) is 12.1 Å².